The monoisotopic (exact) mass is 289 g/mol. The van der Waals surface area contributed by atoms with Crippen LogP contribution in [-0.4, -0.2) is 42.2 Å². The molecule has 0 amide bonds. The predicted molar refractivity (Wildman–Crippen MR) is 79.9 cm³/mol. The van der Waals surface area contributed by atoms with Crippen molar-refractivity contribution < 1.29 is 14.6 Å². The molecular weight excluding hydrogens is 266 g/mol. The third-order valence-electron chi connectivity index (χ3n) is 4.85. The van der Waals surface area contributed by atoms with Gasteiger partial charge in [0.25, 0.3) is 0 Å². The molecule has 1 N–H and O–H groups in total. The number of hydrogen-bond donors (Lipinski definition) is 1. The van der Waals surface area contributed by atoms with Gasteiger partial charge in [0.1, 0.15) is 0 Å². The van der Waals surface area contributed by atoms with Crippen molar-refractivity contribution >= 4 is 5.97 Å². The highest BCUT2D eigenvalue weighted by Gasteiger charge is 2.34. The minimum atomic E-state index is -1.18. The Kier molecular flexibility index (Phi) is 4.27. The van der Waals surface area contributed by atoms with Gasteiger partial charge in [-0.15, -0.1) is 0 Å². The maximum atomic E-state index is 11.6. The maximum absolute atomic E-state index is 11.6. The van der Waals surface area contributed by atoms with E-state index in [1.807, 2.05) is 12.1 Å². The minimum Gasteiger partial charge on any atom is -0.464 e. The number of esters is 1. The van der Waals surface area contributed by atoms with Crippen molar-refractivity contribution in [2.45, 2.75) is 31.8 Å². The lowest BCUT2D eigenvalue weighted by Gasteiger charge is -2.45. The molecule has 2 unspecified atom stereocenters. The van der Waals surface area contributed by atoms with Gasteiger partial charge in [0.05, 0.1) is 6.61 Å². The molecule has 1 aromatic carbocycles. The van der Waals surface area contributed by atoms with Crippen molar-refractivity contribution in [1.82, 2.24) is 4.90 Å². The molecule has 0 radical (unpaired) electrons. The van der Waals surface area contributed by atoms with Crippen LogP contribution in [-0.2, 0) is 9.53 Å². The Morgan fingerprint density at radius 1 is 1.33 bits per heavy atom. The first kappa shape index (κ1) is 14.5. The summed E-state index contributed by atoms with van der Waals surface area (Å²) in [5.74, 6) is 0.810. The summed E-state index contributed by atoms with van der Waals surface area (Å²) in [6, 6.07) is 7.83. The molecule has 1 aromatic rings. The quantitative estimate of drug-likeness (QED) is 0.862. The van der Waals surface area contributed by atoms with Crippen LogP contribution in [0.25, 0.3) is 0 Å². The zero-order chi connectivity index (χ0) is 14.8. The van der Waals surface area contributed by atoms with Gasteiger partial charge in [0.2, 0.25) is 0 Å². The molecule has 3 aliphatic rings. The first-order valence-electron chi connectivity index (χ1n) is 7.86. The van der Waals surface area contributed by atoms with Crippen molar-refractivity contribution in [3.63, 3.8) is 0 Å². The van der Waals surface area contributed by atoms with Gasteiger partial charge in [0, 0.05) is 6.54 Å². The number of hydrogen-bond acceptors (Lipinski definition) is 4. The van der Waals surface area contributed by atoms with Crippen molar-refractivity contribution in [1.29, 1.82) is 0 Å². The molecule has 0 aromatic heterocycles. The van der Waals surface area contributed by atoms with E-state index in [9.17, 15) is 9.90 Å². The number of rotatable bonds is 4. The molecular formula is C17H23NO3. The molecule has 3 fully saturated rings. The van der Waals surface area contributed by atoms with Crippen molar-refractivity contribution in [3.05, 3.63) is 35.4 Å². The molecule has 0 aliphatic carbocycles. The van der Waals surface area contributed by atoms with E-state index in [2.05, 4.69) is 17.0 Å². The number of aliphatic hydroxyl groups excluding tert-OH is 1. The van der Waals surface area contributed by atoms with Crippen LogP contribution in [0.2, 0.25) is 0 Å². The fourth-order valence-corrected chi connectivity index (χ4v) is 3.63. The second-order valence-corrected chi connectivity index (χ2v) is 6.07. The van der Waals surface area contributed by atoms with E-state index in [1.54, 1.807) is 6.92 Å². The average Bonchev–Trinajstić information content (AvgIpc) is 2.55. The van der Waals surface area contributed by atoms with E-state index < -0.39 is 12.1 Å². The van der Waals surface area contributed by atoms with E-state index in [0.29, 0.717) is 11.5 Å². The highest BCUT2D eigenvalue weighted by Crippen LogP contribution is 2.39. The molecule has 114 valence electrons. The molecule has 0 spiro atoms. The van der Waals surface area contributed by atoms with Gasteiger partial charge in [-0.3, -0.25) is 0 Å². The third-order valence-corrected chi connectivity index (χ3v) is 4.85. The number of ether oxygens (including phenoxy) is 1. The molecule has 4 rings (SSSR count). The third kappa shape index (κ3) is 2.97. The summed E-state index contributed by atoms with van der Waals surface area (Å²) in [5.41, 5.74) is 1.93. The molecule has 3 saturated heterocycles. The Hall–Kier alpha value is -1.39. The maximum Gasteiger partial charge on any atom is 0.339 e. The highest BCUT2D eigenvalue weighted by molar-refractivity contribution is 5.76. The van der Waals surface area contributed by atoms with Crippen molar-refractivity contribution in [3.8, 4) is 0 Å². The van der Waals surface area contributed by atoms with Crippen LogP contribution in [0.15, 0.2) is 24.3 Å². The number of aliphatic hydroxyl groups is 1. The van der Waals surface area contributed by atoms with Gasteiger partial charge in [-0.25, -0.2) is 4.79 Å². The second-order valence-electron chi connectivity index (χ2n) is 6.07. The topological polar surface area (TPSA) is 49.8 Å². The molecule has 3 aliphatic heterocycles. The Morgan fingerprint density at radius 3 is 2.52 bits per heavy atom. The number of benzene rings is 1. The summed E-state index contributed by atoms with van der Waals surface area (Å²) in [6.07, 6.45) is 1.40. The number of nitrogens with zero attached hydrogens (tertiary/aromatic N) is 1. The molecule has 2 bridgehead atoms. The lowest BCUT2D eigenvalue weighted by atomic mass is 9.75. The van der Waals surface area contributed by atoms with Crippen LogP contribution in [0.4, 0.5) is 0 Å². The molecule has 4 nitrogen and oxygen atoms in total. The second kappa shape index (κ2) is 6.16. The summed E-state index contributed by atoms with van der Waals surface area (Å²) in [5, 5.41) is 9.94. The summed E-state index contributed by atoms with van der Waals surface area (Å²) in [6.45, 7) is 5.64. The van der Waals surface area contributed by atoms with Gasteiger partial charge >= 0.3 is 5.97 Å². The number of carbonyl (C=O) groups excluding carboxylic acids is 1. The van der Waals surface area contributed by atoms with E-state index >= 15 is 0 Å². The van der Waals surface area contributed by atoms with E-state index in [4.69, 9.17) is 4.74 Å². The lowest BCUT2D eigenvalue weighted by Crippen LogP contribution is -2.46. The van der Waals surface area contributed by atoms with Crippen LogP contribution in [0.3, 0.4) is 0 Å². The molecule has 2 atom stereocenters. The van der Waals surface area contributed by atoms with E-state index in [0.717, 1.165) is 12.5 Å². The van der Waals surface area contributed by atoms with Crippen molar-refractivity contribution in [2.75, 3.05) is 26.2 Å². The standard InChI is InChI=1S/C17H23NO3/c1-2-21-17(20)16(19)14-5-3-12(4-6-14)15-11-18-9-7-13(15)8-10-18/h3-6,13,15-16,19H,2,7-11H2,1H3. The normalized spacial score (nSPS) is 29.1. The summed E-state index contributed by atoms with van der Waals surface area (Å²) in [7, 11) is 0. The van der Waals surface area contributed by atoms with Crippen LogP contribution < -0.4 is 0 Å². The van der Waals surface area contributed by atoms with Crippen LogP contribution in [0, 0.1) is 5.92 Å². The van der Waals surface area contributed by atoms with Crippen LogP contribution in [0.1, 0.15) is 42.9 Å². The fraction of sp³-hybridized carbons (Fsp3) is 0.588. The number of piperidine rings is 3. The van der Waals surface area contributed by atoms with Gasteiger partial charge < -0.3 is 14.7 Å². The summed E-state index contributed by atoms with van der Waals surface area (Å²) >= 11 is 0. The fourth-order valence-electron chi connectivity index (χ4n) is 3.63. The molecule has 21 heavy (non-hydrogen) atoms. The Bertz CT molecular complexity index is 491. The SMILES string of the molecule is CCOC(=O)C(O)c1ccc(C2CN3CCC2CC3)cc1. The largest absolute Gasteiger partial charge is 0.464 e. The zero-order valence-corrected chi connectivity index (χ0v) is 12.5. The molecule has 0 saturated carbocycles. The van der Waals surface area contributed by atoms with Gasteiger partial charge in [-0.05, 0) is 55.8 Å². The number of fused-ring (bicyclic) bond motifs is 3. The van der Waals surface area contributed by atoms with Gasteiger partial charge in [-0.1, -0.05) is 24.3 Å². The van der Waals surface area contributed by atoms with E-state index in [1.165, 1.54) is 31.5 Å². The summed E-state index contributed by atoms with van der Waals surface area (Å²) < 4.78 is 4.85. The lowest BCUT2D eigenvalue weighted by molar-refractivity contribution is -0.153. The van der Waals surface area contributed by atoms with Gasteiger partial charge in [-0.2, -0.15) is 0 Å². The van der Waals surface area contributed by atoms with Crippen molar-refractivity contribution in [2.24, 2.45) is 5.92 Å². The highest BCUT2D eigenvalue weighted by atomic mass is 16.5. The minimum absolute atomic E-state index is 0.285. The van der Waals surface area contributed by atoms with Crippen LogP contribution >= 0.6 is 0 Å². The Labute approximate surface area is 125 Å². The molecule has 3 heterocycles. The predicted octanol–water partition coefficient (Wildman–Crippen LogP) is 2.09. The number of carbonyl (C=O) groups is 1. The Balaban J connectivity index is 1.71. The average molecular weight is 289 g/mol. The first-order chi connectivity index (χ1) is 10.2. The first-order valence-corrected chi connectivity index (χ1v) is 7.86. The Morgan fingerprint density at radius 2 is 2.00 bits per heavy atom. The smallest absolute Gasteiger partial charge is 0.339 e. The molecule has 4 heteroatoms. The van der Waals surface area contributed by atoms with E-state index in [-0.39, 0.29) is 6.61 Å². The van der Waals surface area contributed by atoms with Gasteiger partial charge in [0.15, 0.2) is 6.10 Å². The zero-order valence-electron chi connectivity index (χ0n) is 12.5. The van der Waals surface area contributed by atoms with Crippen LogP contribution in [0.5, 0.6) is 0 Å². The summed E-state index contributed by atoms with van der Waals surface area (Å²) in [4.78, 5) is 14.1.